The SMILES string of the molecule is O=S1(=O)N(Cc2cc(-c3ccc(OCc4ccccc4)cc3)no2)CC=CCN1Cc1cc(-c2ccc(OCc3ccccc3)cc2)no1. The van der Waals surface area contributed by atoms with Gasteiger partial charge in [-0.2, -0.15) is 17.0 Å². The van der Waals surface area contributed by atoms with Crippen LogP contribution in [-0.2, 0) is 36.5 Å². The van der Waals surface area contributed by atoms with Crippen molar-refractivity contribution in [3.63, 3.8) is 0 Å². The van der Waals surface area contributed by atoms with Crippen molar-refractivity contribution < 1.29 is 26.9 Å². The van der Waals surface area contributed by atoms with Gasteiger partial charge < -0.3 is 18.5 Å². The van der Waals surface area contributed by atoms with Crippen LogP contribution >= 0.6 is 0 Å². The van der Waals surface area contributed by atoms with Crippen molar-refractivity contribution in [2.45, 2.75) is 26.3 Å². The molecular formula is C38H34N4O6S. The molecule has 10 nitrogen and oxygen atoms in total. The van der Waals surface area contributed by atoms with Gasteiger partial charge in [-0.05, 0) is 59.7 Å². The predicted molar refractivity (Wildman–Crippen MR) is 184 cm³/mol. The van der Waals surface area contributed by atoms with E-state index in [0.29, 0.717) is 36.1 Å². The number of nitrogens with zero attached hydrogens (tertiary/aromatic N) is 4. The highest BCUT2D eigenvalue weighted by molar-refractivity contribution is 7.86. The lowest BCUT2D eigenvalue weighted by atomic mass is 10.1. The maximum atomic E-state index is 13.8. The van der Waals surface area contributed by atoms with Crippen LogP contribution in [0.1, 0.15) is 22.6 Å². The monoisotopic (exact) mass is 674 g/mol. The Morgan fingerprint density at radius 2 is 0.980 bits per heavy atom. The van der Waals surface area contributed by atoms with Gasteiger partial charge in [-0.25, -0.2) is 0 Å². The summed E-state index contributed by atoms with van der Waals surface area (Å²) in [5.41, 5.74) is 5.04. The molecule has 0 N–H and O–H groups in total. The third-order valence-electron chi connectivity index (χ3n) is 8.02. The molecule has 0 unspecified atom stereocenters. The van der Waals surface area contributed by atoms with Gasteiger partial charge in [0.25, 0.3) is 10.2 Å². The van der Waals surface area contributed by atoms with Crippen molar-refractivity contribution >= 4 is 10.2 Å². The van der Waals surface area contributed by atoms with Gasteiger partial charge in [0.15, 0.2) is 11.5 Å². The first-order valence-corrected chi connectivity index (χ1v) is 17.2. The quantitative estimate of drug-likeness (QED) is 0.125. The number of hydrogen-bond donors (Lipinski definition) is 0. The van der Waals surface area contributed by atoms with E-state index in [9.17, 15) is 8.42 Å². The Morgan fingerprint density at radius 3 is 1.39 bits per heavy atom. The highest BCUT2D eigenvalue weighted by Gasteiger charge is 2.32. The summed E-state index contributed by atoms with van der Waals surface area (Å²) in [6.07, 6.45) is 3.66. The standard InChI is InChI=1S/C38H34N4O6S/c43-49(44)41(25-35-23-37(39-47-35)31-13-17-33(18-14-31)45-27-29-9-3-1-4-10-29)21-7-8-22-42(49)26-36-24-38(40-48-36)32-15-19-34(20-16-32)46-28-30-11-5-2-6-12-30/h1-20,23-24H,21-22,25-28H2. The average Bonchev–Trinajstić information content (AvgIpc) is 3.79. The Balaban J connectivity index is 0.962. The smallest absolute Gasteiger partial charge is 0.283 e. The third kappa shape index (κ3) is 7.98. The maximum absolute atomic E-state index is 13.8. The fourth-order valence-corrected chi connectivity index (χ4v) is 6.80. The number of aromatic nitrogens is 2. The number of rotatable bonds is 12. The molecule has 1 aliphatic rings. The van der Waals surface area contributed by atoms with Crippen molar-refractivity contribution in [2.75, 3.05) is 13.1 Å². The molecule has 1 aliphatic heterocycles. The van der Waals surface area contributed by atoms with Gasteiger partial charge >= 0.3 is 0 Å². The summed E-state index contributed by atoms with van der Waals surface area (Å²) in [5, 5.41) is 8.39. The second kappa shape index (κ2) is 14.7. The Bertz CT molecular complexity index is 1950. The van der Waals surface area contributed by atoms with Crippen LogP contribution in [0.4, 0.5) is 0 Å². The molecule has 0 radical (unpaired) electrons. The minimum absolute atomic E-state index is 0.0226. The summed E-state index contributed by atoms with van der Waals surface area (Å²) < 4.78 is 53.1. The van der Waals surface area contributed by atoms with Gasteiger partial charge in [-0.3, -0.25) is 0 Å². The first kappa shape index (κ1) is 32.1. The Labute approximate surface area is 285 Å². The van der Waals surface area contributed by atoms with Crippen LogP contribution in [0.15, 0.2) is 143 Å². The minimum Gasteiger partial charge on any atom is -0.489 e. The fraction of sp³-hybridized carbons (Fsp3) is 0.158. The van der Waals surface area contributed by atoms with Crippen molar-refractivity contribution in [2.24, 2.45) is 0 Å². The number of hydrogen-bond acceptors (Lipinski definition) is 8. The first-order chi connectivity index (χ1) is 24.0. The fourth-order valence-electron chi connectivity index (χ4n) is 5.35. The summed E-state index contributed by atoms with van der Waals surface area (Å²) in [6.45, 7) is 1.39. The van der Waals surface area contributed by atoms with Gasteiger partial charge in [0.1, 0.15) is 36.1 Å². The van der Waals surface area contributed by atoms with E-state index in [1.165, 1.54) is 8.61 Å². The molecule has 0 saturated carbocycles. The molecule has 0 aliphatic carbocycles. The maximum Gasteiger partial charge on any atom is 0.283 e. The summed E-state index contributed by atoms with van der Waals surface area (Å²) >= 11 is 0. The lowest BCUT2D eigenvalue weighted by Crippen LogP contribution is -2.41. The second-order valence-corrected chi connectivity index (χ2v) is 13.4. The molecule has 6 aromatic rings. The summed E-state index contributed by atoms with van der Waals surface area (Å²) in [7, 11) is -3.88. The van der Waals surface area contributed by atoms with Gasteiger partial charge in [-0.15, -0.1) is 0 Å². The molecule has 0 bridgehead atoms. The van der Waals surface area contributed by atoms with Gasteiger partial charge in [0, 0.05) is 36.3 Å². The number of ether oxygens (including phenoxy) is 2. The van der Waals surface area contributed by atoms with Crippen molar-refractivity contribution in [3.8, 4) is 34.0 Å². The van der Waals surface area contributed by atoms with Crippen LogP contribution in [0.2, 0.25) is 0 Å². The van der Waals surface area contributed by atoms with Crippen LogP contribution < -0.4 is 9.47 Å². The van der Waals surface area contributed by atoms with Gasteiger partial charge in [0.05, 0.1) is 13.1 Å². The van der Waals surface area contributed by atoms with Crippen LogP contribution in [-0.4, -0.2) is 40.4 Å². The van der Waals surface area contributed by atoms with Gasteiger partial charge in [0.2, 0.25) is 0 Å². The summed E-state index contributed by atoms with van der Waals surface area (Å²) in [4.78, 5) is 0. The predicted octanol–water partition coefficient (Wildman–Crippen LogP) is 7.27. The third-order valence-corrected chi connectivity index (χ3v) is 9.88. The first-order valence-electron chi connectivity index (χ1n) is 15.9. The van der Waals surface area contributed by atoms with E-state index >= 15 is 0 Å². The molecule has 0 atom stereocenters. The highest BCUT2D eigenvalue weighted by atomic mass is 32.2. The minimum atomic E-state index is -3.88. The molecular weight excluding hydrogens is 641 g/mol. The van der Waals surface area contributed by atoms with E-state index in [-0.39, 0.29) is 26.2 Å². The van der Waals surface area contributed by atoms with Crippen LogP contribution in [0.3, 0.4) is 0 Å². The number of benzene rings is 4. The highest BCUT2D eigenvalue weighted by Crippen LogP contribution is 2.27. The van der Waals surface area contributed by atoms with Crippen molar-refractivity contribution in [1.82, 2.24) is 18.9 Å². The lowest BCUT2D eigenvalue weighted by Gasteiger charge is -2.25. The topological polar surface area (TPSA) is 111 Å². The molecule has 0 spiro atoms. The summed E-state index contributed by atoms with van der Waals surface area (Å²) in [6, 6.07) is 38.5. The van der Waals surface area contributed by atoms with Crippen LogP contribution in [0, 0.1) is 0 Å². The van der Waals surface area contributed by atoms with E-state index in [2.05, 4.69) is 10.3 Å². The molecule has 3 heterocycles. The molecule has 11 heteroatoms. The molecule has 2 aromatic heterocycles. The molecule has 4 aromatic carbocycles. The molecule has 0 saturated heterocycles. The molecule has 49 heavy (non-hydrogen) atoms. The zero-order valence-corrected chi connectivity index (χ0v) is 27.4. The molecule has 0 amide bonds. The van der Waals surface area contributed by atoms with E-state index < -0.39 is 10.2 Å². The zero-order chi connectivity index (χ0) is 33.5. The van der Waals surface area contributed by atoms with E-state index in [0.717, 1.165) is 33.8 Å². The van der Waals surface area contributed by atoms with Gasteiger partial charge in [-0.1, -0.05) is 83.1 Å². The van der Waals surface area contributed by atoms with Crippen LogP contribution in [0.5, 0.6) is 11.5 Å². The zero-order valence-electron chi connectivity index (χ0n) is 26.6. The summed E-state index contributed by atoms with van der Waals surface area (Å²) in [5.74, 6) is 2.33. The molecule has 0 fully saturated rings. The van der Waals surface area contributed by atoms with Crippen LogP contribution in [0.25, 0.3) is 22.5 Å². The molecule has 7 rings (SSSR count). The lowest BCUT2D eigenvalue weighted by molar-refractivity contribution is 0.299. The molecule has 248 valence electrons. The normalized spacial score (nSPS) is 14.8. The second-order valence-electron chi connectivity index (χ2n) is 11.5. The van der Waals surface area contributed by atoms with E-state index in [1.807, 2.05) is 121 Å². The largest absolute Gasteiger partial charge is 0.489 e. The Hall–Kier alpha value is -5.49. The Morgan fingerprint density at radius 1 is 0.571 bits per heavy atom. The Kier molecular flexibility index (Phi) is 9.64. The van der Waals surface area contributed by atoms with E-state index in [4.69, 9.17) is 18.5 Å². The van der Waals surface area contributed by atoms with Crippen molar-refractivity contribution in [1.29, 1.82) is 0 Å². The van der Waals surface area contributed by atoms with E-state index in [1.54, 1.807) is 12.1 Å². The van der Waals surface area contributed by atoms with Crippen molar-refractivity contribution in [3.05, 3.63) is 156 Å². The average molecular weight is 675 g/mol.